The largest absolute Gasteiger partial charge is 0.378 e. The lowest BCUT2D eigenvalue weighted by molar-refractivity contribution is 0.0920. The van der Waals surface area contributed by atoms with E-state index in [-0.39, 0.29) is 6.10 Å². The zero-order chi connectivity index (χ0) is 12.7. The van der Waals surface area contributed by atoms with Gasteiger partial charge in [-0.15, -0.1) is 10.2 Å². The van der Waals surface area contributed by atoms with Crippen LogP contribution in [0, 0.1) is 0 Å². The van der Waals surface area contributed by atoms with Crippen molar-refractivity contribution in [3.8, 4) is 0 Å². The predicted octanol–water partition coefficient (Wildman–Crippen LogP) is 1.66. The zero-order valence-electron chi connectivity index (χ0n) is 10.8. The number of nitrogens with zero attached hydrogens (tertiary/aromatic N) is 3. The molecule has 0 fully saturated rings. The fourth-order valence-electron chi connectivity index (χ4n) is 1.44. The van der Waals surface area contributed by atoms with Crippen LogP contribution in [0.1, 0.15) is 33.0 Å². The first-order valence-corrected chi connectivity index (χ1v) is 7.04. The molecule has 0 aliphatic carbocycles. The van der Waals surface area contributed by atoms with E-state index in [1.54, 1.807) is 11.8 Å². The Kier molecular flexibility index (Phi) is 6.54. The lowest BCUT2D eigenvalue weighted by atomic mass is 10.4. The first-order valence-electron chi connectivity index (χ1n) is 6.05. The van der Waals surface area contributed by atoms with E-state index in [1.165, 1.54) is 0 Å². The standard InChI is InChI=1S/C11H22N4OS/c1-4-5-15-10(8-12)13-14-11(15)17-7-6-16-9(2)3/h9H,4-8,12H2,1-3H3. The van der Waals surface area contributed by atoms with Crippen molar-refractivity contribution >= 4 is 11.8 Å². The van der Waals surface area contributed by atoms with Crippen LogP contribution in [0.3, 0.4) is 0 Å². The number of nitrogens with two attached hydrogens (primary N) is 1. The molecule has 5 nitrogen and oxygen atoms in total. The molecule has 0 unspecified atom stereocenters. The van der Waals surface area contributed by atoms with Crippen LogP contribution in [-0.4, -0.2) is 33.2 Å². The highest BCUT2D eigenvalue weighted by Gasteiger charge is 2.10. The molecule has 2 N–H and O–H groups in total. The summed E-state index contributed by atoms with van der Waals surface area (Å²) in [7, 11) is 0. The summed E-state index contributed by atoms with van der Waals surface area (Å²) in [6.07, 6.45) is 1.34. The lowest BCUT2D eigenvalue weighted by Crippen LogP contribution is -2.10. The molecule has 0 aliphatic heterocycles. The molecule has 0 saturated heterocycles. The number of hydrogen-bond donors (Lipinski definition) is 1. The molecule has 1 rings (SSSR count). The van der Waals surface area contributed by atoms with Gasteiger partial charge < -0.3 is 15.0 Å². The third-order valence-corrected chi connectivity index (χ3v) is 3.12. The summed E-state index contributed by atoms with van der Waals surface area (Å²) >= 11 is 1.67. The molecule has 0 bridgehead atoms. The summed E-state index contributed by atoms with van der Waals surface area (Å²) in [5.41, 5.74) is 5.63. The highest BCUT2D eigenvalue weighted by Crippen LogP contribution is 2.17. The molecule has 0 aromatic carbocycles. The highest BCUT2D eigenvalue weighted by atomic mass is 32.2. The second-order valence-corrected chi connectivity index (χ2v) is 5.08. The number of hydrogen-bond acceptors (Lipinski definition) is 5. The van der Waals surface area contributed by atoms with Crippen molar-refractivity contribution in [1.29, 1.82) is 0 Å². The van der Waals surface area contributed by atoms with Crippen LogP contribution in [0.15, 0.2) is 5.16 Å². The molecule has 0 atom stereocenters. The van der Waals surface area contributed by atoms with Crippen LogP contribution in [-0.2, 0) is 17.8 Å². The first kappa shape index (κ1) is 14.5. The first-order chi connectivity index (χ1) is 8.19. The Morgan fingerprint density at radius 1 is 1.41 bits per heavy atom. The molecule has 6 heteroatoms. The van der Waals surface area contributed by atoms with Gasteiger partial charge in [-0.2, -0.15) is 0 Å². The predicted molar refractivity (Wildman–Crippen MR) is 70.0 cm³/mol. The van der Waals surface area contributed by atoms with Crippen molar-refractivity contribution in [2.75, 3.05) is 12.4 Å². The van der Waals surface area contributed by atoms with Crippen molar-refractivity contribution < 1.29 is 4.74 Å². The Labute approximate surface area is 107 Å². The molecule has 17 heavy (non-hydrogen) atoms. The third kappa shape index (κ3) is 4.65. The van der Waals surface area contributed by atoms with E-state index >= 15 is 0 Å². The Balaban J connectivity index is 2.49. The maximum Gasteiger partial charge on any atom is 0.191 e. The average molecular weight is 258 g/mol. The van der Waals surface area contributed by atoms with Gasteiger partial charge in [-0.05, 0) is 20.3 Å². The molecule has 0 amide bonds. The SMILES string of the molecule is CCCn1c(CN)nnc1SCCOC(C)C. The Bertz CT molecular complexity index is 327. The normalized spacial score (nSPS) is 11.4. The third-order valence-electron chi connectivity index (χ3n) is 2.19. The van der Waals surface area contributed by atoms with Crippen LogP contribution in [0.25, 0.3) is 0 Å². The Morgan fingerprint density at radius 2 is 2.18 bits per heavy atom. The fraction of sp³-hybridized carbons (Fsp3) is 0.818. The average Bonchev–Trinajstić information content (AvgIpc) is 2.67. The van der Waals surface area contributed by atoms with Gasteiger partial charge in [-0.3, -0.25) is 0 Å². The van der Waals surface area contributed by atoms with Gasteiger partial charge >= 0.3 is 0 Å². The smallest absolute Gasteiger partial charge is 0.191 e. The summed E-state index contributed by atoms with van der Waals surface area (Å²) < 4.78 is 7.59. The Morgan fingerprint density at radius 3 is 2.76 bits per heavy atom. The van der Waals surface area contributed by atoms with Gasteiger partial charge in [0, 0.05) is 12.3 Å². The highest BCUT2D eigenvalue weighted by molar-refractivity contribution is 7.99. The molecule has 98 valence electrons. The maximum atomic E-state index is 5.63. The number of rotatable bonds is 8. The molecule has 0 aliphatic rings. The summed E-state index contributed by atoms with van der Waals surface area (Å²) in [6.45, 7) is 8.31. The van der Waals surface area contributed by atoms with E-state index in [9.17, 15) is 0 Å². The van der Waals surface area contributed by atoms with Gasteiger partial charge in [0.25, 0.3) is 0 Å². The van der Waals surface area contributed by atoms with Crippen molar-refractivity contribution in [3.63, 3.8) is 0 Å². The molecule has 0 saturated carbocycles. The quantitative estimate of drug-likeness (QED) is 0.567. The van der Waals surface area contributed by atoms with E-state index in [1.807, 2.05) is 13.8 Å². The molecule has 0 spiro atoms. The van der Waals surface area contributed by atoms with E-state index < -0.39 is 0 Å². The van der Waals surface area contributed by atoms with Gasteiger partial charge in [0.1, 0.15) is 5.82 Å². The topological polar surface area (TPSA) is 66.0 Å². The summed E-state index contributed by atoms with van der Waals surface area (Å²) in [4.78, 5) is 0. The molecule has 1 aromatic rings. The van der Waals surface area contributed by atoms with E-state index in [0.29, 0.717) is 6.54 Å². The van der Waals surface area contributed by atoms with Gasteiger partial charge in [-0.25, -0.2) is 0 Å². The minimum atomic E-state index is 0.281. The van der Waals surface area contributed by atoms with Crippen molar-refractivity contribution in [3.05, 3.63) is 5.82 Å². The van der Waals surface area contributed by atoms with Gasteiger partial charge in [0.2, 0.25) is 0 Å². The minimum Gasteiger partial charge on any atom is -0.378 e. The van der Waals surface area contributed by atoms with Gasteiger partial charge in [0.05, 0.1) is 19.3 Å². The van der Waals surface area contributed by atoms with Crippen LogP contribution in [0.2, 0.25) is 0 Å². The summed E-state index contributed by atoms with van der Waals surface area (Å²) in [5, 5.41) is 9.20. The number of ether oxygens (including phenoxy) is 1. The van der Waals surface area contributed by atoms with E-state index in [0.717, 1.165) is 36.3 Å². The molecular formula is C11H22N4OS. The van der Waals surface area contributed by atoms with E-state index in [4.69, 9.17) is 10.5 Å². The van der Waals surface area contributed by atoms with Crippen molar-refractivity contribution in [2.45, 2.75) is 51.5 Å². The maximum absolute atomic E-state index is 5.63. The molecule has 0 radical (unpaired) electrons. The second-order valence-electron chi connectivity index (χ2n) is 4.02. The number of aromatic nitrogens is 3. The fourth-order valence-corrected chi connectivity index (χ4v) is 2.25. The second kappa shape index (κ2) is 7.68. The monoisotopic (exact) mass is 258 g/mol. The minimum absolute atomic E-state index is 0.281. The molecular weight excluding hydrogens is 236 g/mol. The van der Waals surface area contributed by atoms with Gasteiger partial charge in [0.15, 0.2) is 5.16 Å². The van der Waals surface area contributed by atoms with Gasteiger partial charge in [-0.1, -0.05) is 18.7 Å². The van der Waals surface area contributed by atoms with Crippen LogP contribution < -0.4 is 5.73 Å². The lowest BCUT2D eigenvalue weighted by Gasteiger charge is -2.09. The van der Waals surface area contributed by atoms with Crippen LogP contribution in [0.4, 0.5) is 0 Å². The number of thioether (sulfide) groups is 1. The van der Waals surface area contributed by atoms with Crippen molar-refractivity contribution in [2.24, 2.45) is 5.73 Å². The molecule has 1 heterocycles. The summed E-state index contributed by atoms with van der Waals surface area (Å²) in [5.74, 6) is 1.75. The van der Waals surface area contributed by atoms with Crippen LogP contribution >= 0.6 is 11.8 Å². The van der Waals surface area contributed by atoms with Crippen LogP contribution in [0.5, 0.6) is 0 Å². The zero-order valence-corrected chi connectivity index (χ0v) is 11.7. The molecule has 1 aromatic heterocycles. The van der Waals surface area contributed by atoms with Crippen molar-refractivity contribution in [1.82, 2.24) is 14.8 Å². The summed E-state index contributed by atoms with van der Waals surface area (Å²) in [6, 6.07) is 0. The van der Waals surface area contributed by atoms with E-state index in [2.05, 4.69) is 21.7 Å². The Hall–Kier alpha value is -0.590.